The number of methoxy groups -OCH3 is 1. The Morgan fingerprint density at radius 3 is 2.47 bits per heavy atom. The number of halogens is 1. The lowest BCUT2D eigenvalue weighted by Crippen LogP contribution is -2.00. The Morgan fingerprint density at radius 1 is 1.11 bits per heavy atom. The molecule has 0 atom stereocenters. The van der Waals surface area contributed by atoms with Gasteiger partial charge in [-0.1, -0.05) is 24.3 Å². The Morgan fingerprint density at radius 2 is 1.84 bits per heavy atom. The summed E-state index contributed by atoms with van der Waals surface area (Å²) in [4.78, 5) is 0. The normalized spacial score (nSPS) is 10.2. The van der Waals surface area contributed by atoms with Crippen LogP contribution in [0.25, 0.3) is 0 Å². The smallest absolute Gasteiger partial charge is 0.166 e. The van der Waals surface area contributed by atoms with Crippen molar-refractivity contribution in [3.8, 4) is 17.2 Å². The molecule has 100 valence electrons. The molecule has 0 aromatic heterocycles. The van der Waals surface area contributed by atoms with E-state index in [2.05, 4.69) is 0 Å². The molecule has 4 heteroatoms. The first-order valence-corrected chi connectivity index (χ1v) is 6.40. The molecular weight excluding hydrogens is 264 g/mol. The second-order valence-corrected chi connectivity index (χ2v) is 4.30. The highest BCUT2D eigenvalue weighted by atomic mass is 35.5. The van der Waals surface area contributed by atoms with E-state index in [4.69, 9.17) is 21.1 Å². The van der Waals surface area contributed by atoms with Crippen molar-refractivity contribution in [2.45, 2.75) is 12.5 Å². The van der Waals surface area contributed by atoms with E-state index in [1.165, 1.54) is 0 Å². The standard InChI is InChI=1S/C15H15ClO3/c1-18-14-4-2-3-12(9-16)15(14)19-10-11-5-7-13(17)8-6-11/h2-8,17H,9-10H2,1H3. The summed E-state index contributed by atoms with van der Waals surface area (Å²) < 4.78 is 11.1. The Labute approximate surface area is 117 Å². The van der Waals surface area contributed by atoms with Gasteiger partial charge in [-0.3, -0.25) is 0 Å². The molecule has 0 saturated heterocycles. The quantitative estimate of drug-likeness (QED) is 0.847. The maximum atomic E-state index is 9.23. The minimum atomic E-state index is 0.238. The molecule has 2 aromatic carbocycles. The number of para-hydroxylation sites is 1. The van der Waals surface area contributed by atoms with Crippen LogP contribution in [-0.2, 0) is 12.5 Å². The molecule has 0 bridgehead atoms. The third-order valence-corrected chi connectivity index (χ3v) is 3.03. The van der Waals surface area contributed by atoms with Crippen LogP contribution in [0.5, 0.6) is 17.2 Å². The van der Waals surface area contributed by atoms with Gasteiger partial charge in [-0.25, -0.2) is 0 Å². The van der Waals surface area contributed by atoms with Crippen molar-refractivity contribution in [1.82, 2.24) is 0 Å². The predicted octanol–water partition coefficient (Wildman–Crippen LogP) is 3.72. The summed E-state index contributed by atoms with van der Waals surface area (Å²) in [5, 5.41) is 9.23. The first-order chi connectivity index (χ1) is 9.24. The topological polar surface area (TPSA) is 38.7 Å². The minimum absolute atomic E-state index is 0.238. The number of ether oxygens (including phenoxy) is 2. The summed E-state index contributed by atoms with van der Waals surface area (Å²) >= 11 is 5.89. The van der Waals surface area contributed by atoms with Crippen LogP contribution in [0.4, 0.5) is 0 Å². The Balaban J connectivity index is 2.16. The van der Waals surface area contributed by atoms with Crippen molar-refractivity contribution < 1.29 is 14.6 Å². The van der Waals surface area contributed by atoms with E-state index in [0.717, 1.165) is 11.1 Å². The summed E-state index contributed by atoms with van der Waals surface area (Å²) in [5.41, 5.74) is 1.85. The molecule has 19 heavy (non-hydrogen) atoms. The van der Waals surface area contributed by atoms with E-state index in [-0.39, 0.29) is 5.75 Å². The third-order valence-electron chi connectivity index (χ3n) is 2.74. The lowest BCUT2D eigenvalue weighted by molar-refractivity contribution is 0.282. The number of rotatable bonds is 5. The molecule has 0 unspecified atom stereocenters. The Kier molecular flexibility index (Phi) is 4.53. The monoisotopic (exact) mass is 278 g/mol. The third kappa shape index (κ3) is 3.32. The van der Waals surface area contributed by atoms with Gasteiger partial charge in [0.05, 0.1) is 13.0 Å². The Hall–Kier alpha value is -1.87. The van der Waals surface area contributed by atoms with E-state index >= 15 is 0 Å². The number of hydrogen-bond acceptors (Lipinski definition) is 3. The fraction of sp³-hybridized carbons (Fsp3) is 0.200. The number of phenols is 1. The van der Waals surface area contributed by atoms with Gasteiger partial charge >= 0.3 is 0 Å². The molecule has 0 aliphatic heterocycles. The fourth-order valence-corrected chi connectivity index (χ4v) is 1.95. The second-order valence-electron chi connectivity index (χ2n) is 4.04. The first-order valence-electron chi connectivity index (χ1n) is 5.87. The number of alkyl halides is 1. The molecule has 0 aliphatic rings. The Bertz CT molecular complexity index is 515. The lowest BCUT2D eigenvalue weighted by Gasteiger charge is -2.13. The van der Waals surface area contributed by atoms with Gasteiger partial charge in [0.15, 0.2) is 11.5 Å². The van der Waals surface area contributed by atoms with Gasteiger partial charge in [0.2, 0.25) is 0 Å². The second kappa shape index (κ2) is 6.34. The average molecular weight is 279 g/mol. The van der Waals surface area contributed by atoms with Crippen molar-refractivity contribution in [3.05, 3.63) is 53.6 Å². The van der Waals surface area contributed by atoms with Crippen LogP contribution in [0.2, 0.25) is 0 Å². The maximum Gasteiger partial charge on any atom is 0.166 e. The fourth-order valence-electron chi connectivity index (χ4n) is 1.74. The van der Waals surface area contributed by atoms with Crippen LogP contribution in [0.15, 0.2) is 42.5 Å². The van der Waals surface area contributed by atoms with Crippen molar-refractivity contribution in [2.24, 2.45) is 0 Å². The zero-order valence-corrected chi connectivity index (χ0v) is 11.4. The highest BCUT2D eigenvalue weighted by Gasteiger charge is 2.09. The van der Waals surface area contributed by atoms with Crippen molar-refractivity contribution in [3.63, 3.8) is 0 Å². The molecule has 0 aliphatic carbocycles. The van der Waals surface area contributed by atoms with Gasteiger partial charge in [0.1, 0.15) is 12.4 Å². The van der Waals surface area contributed by atoms with Gasteiger partial charge < -0.3 is 14.6 Å². The van der Waals surface area contributed by atoms with E-state index in [9.17, 15) is 5.11 Å². The number of benzene rings is 2. The highest BCUT2D eigenvalue weighted by Crippen LogP contribution is 2.32. The molecule has 0 amide bonds. The average Bonchev–Trinajstić information content (AvgIpc) is 2.46. The SMILES string of the molecule is COc1cccc(CCl)c1OCc1ccc(O)cc1. The molecule has 3 nitrogen and oxygen atoms in total. The molecule has 0 fully saturated rings. The zero-order chi connectivity index (χ0) is 13.7. The molecule has 0 saturated carbocycles. The number of phenolic OH excluding ortho intramolecular Hbond substituents is 1. The molecule has 0 spiro atoms. The van der Waals surface area contributed by atoms with E-state index in [1.807, 2.05) is 30.3 Å². The molecule has 2 aromatic rings. The summed E-state index contributed by atoms with van der Waals surface area (Å²) in [6.45, 7) is 0.393. The van der Waals surface area contributed by atoms with Gasteiger partial charge in [-0.15, -0.1) is 11.6 Å². The van der Waals surface area contributed by atoms with E-state index in [1.54, 1.807) is 19.2 Å². The van der Waals surface area contributed by atoms with Crippen LogP contribution >= 0.6 is 11.6 Å². The number of aromatic hydroxyl groups is 1. The predicted molar refractivity (Wildman–Crippen MR) is 75.0 cm³/mol. The van der Waals surface area contributed by atoms with Gasteiger partial charge in [0, 0.05) is 5.56 Å². The van der Waals surface area contributed by atoms with Crippen molar-refractivity contribution in [1.29, 1.82) is 0 Å². The van der Waals surface area contributed by atoms with Gasteiger partial charge in [-0.05, 0) is 23.8 Å². The van der Waals surface area contributed by atoms with Crippen molar-refractivity contribution >= 4 is 11.6 Å². The summed E-state index contributed by atoms with van der Waals surface area (Å²) in [7, 11) is 1.60. The summed E-state index contributed by atoms with van der Waals surface area (Å²) in [6.07, 6.45) is 0. The van der Waals surface area contributed by atoms with Crippen LogP contribution in [0, 0.1) is 0 Å². The van der Waals surface area contributed by atoms with E-state index in [0.29, 0.717) is 24.0 Å². The van der Waals surface area contributed by atoms with Crippen LogP contribution < -0.4 is 9.47 Å². The summed E-state index contributed by atoms with van der Waals surface area (Å²) in [6, 6.07) is 12.5. The van der Waals surface area contributed by atoms with E-state index < -0.39 is 0 Å². The zero-order valence-electron chi connectivity index (χ0n) is 10.6. The number of hydrogen-bond donors (Lipinski definition) is 1. The van der Waals surface area contributed by atoms with Crippen LogP contribution in [0.1, 0.15) is 11.1 Å². The molecule has 0 radical (unpaired) electrons. The first kappa shape index (κ1) is 13.6. The largest absolute Gasteiger partial charge is 0.508 e. The molecular formula is C15H15ClO3. The maximum absolute atomic E-state index is 9.23. The van der Waals surface area contributed by atoms with Crippen LogP contribution in [0.3, 0.4) is 0 Å². The van der Waals surface area contributed by atoms with Gasteiger partial charge in [-0.2, -0.15) is 0 Å². The minimum Gasteiger partial charge on any atom is -0.508 e. The molecule has 0 heterocycles. The van der Waals surface area contributed by atoms with Crippen LogP contribution in [-0.4, -0.2) is 12.2 Å². The lowest BCUT2D eigenvalue weighted by atomic mass is 10.2. The summed E-state index contributed by atoms with van der Waals surface area (Å²) in [5.74, 6) is 1.93. The van der Waals surface area contributed by atoms with Crippen molar-refractivity contribution in [2.75, 3.05) is 7.11 Å². The highest BCUT2D eigenvalue weighted by molar-refractivity contribution is 6.17. The molecule has 2 rings (SSSR count). The van der Waals surface area contributed by atoms with Gasteiger partial charge in [0.25, 0.3) is 0 Å². The molecule has 1 N–H and O–H groups in total.